The van der Waals surface area contributed by atoms with E-state index in [9.17, 15) is 14.3 Å². The molecule has 0 radical (unpaired) electrons. The molecule has 24 heavy (non-hydrogen) atoms. The van der Waals surface area contributed by atoms with Gasteiger partial charge >= 0.3 is 0 Å². The van der Waals surface area contributed by atoms with E-state index in [0.717, 1.165) is 6.42 Å². The van der Waals surface area contributed by atoms with Crippen molar-refractivity contribution in [2.75, 3.05) is 6.54 Å². The monoisotopic (exact) mass is 332 g/mol. The van der Waals surface area contributed by atoms with Crippen molar-refractivity contribution in [1.82, 2.24) is 20.1 Å². The first-order chi connectivity index (χ1) is 11.4. The van der Waals surface area contributed by atoms with Crippen molar-refractivity contribution < 1.29 is 14.3 Å². The molecule has 1 amide bonds. The van der Waals surface area contributed by atoms with Gasteiger partial charge in [-0.05, 0) is 37.5 Å². The van der Waals surface area contributed by atoms with E-state index in [0.29, 0.717) is 24.4 Å². The molecule has 1 saturated carbocycles. The molecule has 0 spiro atoms. The first-order valence-electron chi connectivity index (χ1n) is 8.11. The quantitative estimate of drug-likeness (QED) is 0.879. The molecule has 1 heterocycles. The SMILES string of the molecule is CC(C)c1nc(C(=O)NCC2(O)CCC2)nn1-c1cccc(F)c1. The Balaban J connectivity index is 1.84. The first kappa shape index (κ1) is 16.6. The summed E-state index contributed by atoms with van der Waals surface area (Å²) in [6, 6.07) is 5.99. The fraction of sp³-hybridized carbons (Fsp3) is 0.471. The molecule has 0 saturated heterocycles. The number of aromatic nitrogens is 3. The van der Waals surface area contributed by atoms with Gasteiger partial charge < -0.3 is 10.4 Å². The van der Waals surface area contributed by atoms with Crippen LogP contribution in [0.25, 0.3) is 5.69 Å². The van der Waals surface area contributed by atoms with Gasteiger partial charge in [0, 0.05) is 12.5 Å². The van der Waals surface area contributed by atoms with Gasteiger partial charge in [0.2, 0.25) is 5.82 Å². The fourth-order valence-electron chi connectivity index (χ4n) is 2.68. The second-order valence-electron chi connectivity index (χ2n) is 6.60. The first-order valence-corrected chi connectivity index (χ1v) is 8.11. The zero-order valence-corrected chi connectivity index (χ0v) is 13.8. The molecule has 3 rings (SSSR count). The van der Waals surface area contributed by atoms with Crippen LogP contribution in [0.5, 0.6) is 0 Å². The van der Waals surface area contributed by atoms with E-state index in [1.54, 1.807) is 12.1 Å². The van der Waals surface area contributed by atoms with E-state index in [2.05, 4.69) is 15.4 Å². The molecule has 0 bridgehead atoms. The lowest BCUT2D eigenvalue weighted by atomic mass is 9.80. The summed E-state index contributed by atoms with van der Waals surface area (Å²) in [6.45, 7) is 4.05. The molecule has 6 nitrogen and oxygen atoms in total. The van der Waals surface area contributed by atoms with Crippen LogP contribution in [0, 0.1) is 5.82 Å². The van der Waals surface area contributed by atoms with Crippen molar-refractivity contribution in [2.45, 2.75) is 44.6 Å². The van der Waals surface area contributed by atoms with Gasteiger partial charge in [-0.2, -0.15) is 0 Å². The zero-order valence-electron chi connectivity index (χ0n) is 13.8. The Morgan fingerprint density at radius 3 is 2.79 bits per heavy atom. The normalized spacial score (nSPS) is 16.0. The minimum absolute atomic E-state index is 0.0122. The minimum atomic E-state index is -0.804. The van der Waals surface area contributed by atoms with Crippen LogP contribution < -0.4 is 5.32 Å². The molecule has 2 N–H and O–H groups in total. The third-order valence-electron chi connectivity index (χ3n) is 4.27. The van der Waals surface area contributed by atoms with Gasteiger partial charge in [0.25, 0.3) is 5.91 Å². The van der Waals surface area contributed by atoms with Gasteiger partial charge in [-0.3, -0.25) is 4.79 Å². The molecule has 1 aliphatic carbocycles. The number of rotatable bonds is 5. The number of nitrogens with one attached hydrogen (secondary N) is 1. The van der Waals surface area contributed by atoms with E-state index in [-0.39, 0.29) is 24.1 Å². The highest BCUT2D eigenvalue weighted by Crippen LogP contribution is 2.30. The number of hydrogen-bond donors (Lipinski definition) is 2. The van der Waals surface area contributed by atoms with E-state index in [4.69, 9.17) is 0 Å². The Kier molecular flexibility index (Phi) is 4.36. The highest BCUT2D eigenvalue weighted by Gasteiger charge is 2.35. The maximum Gasteiger partial charge on any atom is 0.291 e. The topological polar surface area (TPSA) is 80.0 Å². The average Bonchev–Trinajstić information content (AvgIpc) is 2.96. The molecule has 0 atom stereocenters. The van der Waals surface area contributed by atoms with Crippen LogP contribution in [0.1, 0.15) is 55.5 Å². The number of amides is 1. The summed E-state index contributed by atoms with van der Waals surface area (Å²) in [5.74, 6) is -0.208. The van der Waals surface area contributed by atoms with Gasteiger partial charge in [0.1, 0.15) is 11.6 Å². The third-order valence-corrected chi connectivity index (χ3v) is 4.27. The summed E-state index contributed by atoms with van der Waals surface area (Å²) < 4.78 is 15.0. The summed E-state index contributed by atoms with van der Waals surface area (Å²) in [4.78, 5) is 16.6. The number of aliphatic hydroxyl groups is 1. The van der Waals surface area contributed by atoms with Gasteiger partial charge in [-0.15, -0.1) is 5.10 Å². The molecular weight excluding hydrogens is 311 g/mol. The van der Waals surface area contributed by atoms with Crippen molar-refractivity contribution in [3.63, 3.8) is 0 Å². The molecule has 1 aromatic carbocycles. The Morgan fingerprint density at radius 2 is 2.21 bits per heavy atom. The van der Waals surface area contributed by atoms with Gasteiger partial charge in [-0.25, -0.2) is 14.1 Å². The molecule has 0 aliphatic heterocycles. The maximum atomic E-state index is 13.5. The summed E-state index contributed by atoms with van der Waals surface area (Å²) in [5.41, 5.74) is -0.287. The molecule has 0 unspecified atom stereocenters. The number of carbonyl (C=O) groups is 1. The number of carbonyl (C=O) groups excluding carboxylic acids is 1. The van der Waals surface area contributed by atoms with Crippen molar-refractivity contribution in [2.24, 2.45) is 0 Å². The van der Waals surface area contributed by atoms with Crippen LogP contribution in [0.4, 0.5) is 4.39 Å². The Hall–Kier alpha value is -2.28. The highest BCUT2D eigenvalue weighted by molar-refractivity contribution is 5.90. The van der Waals surface area contributed by atoms with Crippen LogP contribution in [-0.2, 0) is 0 Å². The molecule has 1 aliphatic rings. The molecule has 1 fully saturated rings. The fourth-order valence-corrected chi connectivity index (χ4v) is 2.68. The predicted octanol–water partition coefficient (Wildman–Crippen LogP) is 2.17. The van der Waals surface area contributed by atoms with Crippen molar-refractivity contribution in [3.8, 4) is 5.69 Å². The number of hydrogen-bond acceptors (Lipinski definition) is 4. The lowest BCUT2D eigenvalue weighted by molar-refractivity contribution is -0.0301. The largest absolute Gasteiger partial charge is 0.388 e. The van der Waals surface area contributed by atoms with Gasteiger partial charge in [0.15, 0.2) is 0 Å². The predicted molar refractivity (Wildman–Crippen MR) is 86.5 cm³/mol. The molecular formula is C17H21FN4O2. The summed E-state index contributed by atoms with van der Waals surface area (Å²) in [7, 11) is 0. The highest BCUT2D eigenvalue weighted by atomic mass is 19.1. The molecule has 7 heteroatoms. The summed E-state index contributed by atoms with van der Waals surface area (Å²) in [6.07, 6.45) is 2.35. The Bertz CT molecular complexity index is 753. The lowest BCUT2D eigenvalue weighted by Crippen LogP contribution is -2.47. The number of halogens is 1. The van der Waals surface area contributed by atoms with Crippen molar-refractivity contribution >= 4 is 5.91 Å². The smallest absolute Gasteiger partial charge is 0.291 e. The van der Waals surface area contributed by atoms with E-state index >= 15 is 0 Å². The zero-order chi connectivity index (χ0) is 17.3. The maximum absolute atomic E-state index is 13.5. The number of nitrogens with zero attached hydrogens (tertiary/aromatic N) is 3. The second-order valence-corrected chi connectivity index (χ2v) is 6.60. The van der Waals surface area contributed by atoms with Crippen LogP contribution in [0.3, 0.4) is 0 Å². The molecule has 128 valence electrons. The van der Waals surface area contributed by atoms with Crippen molar-refractivity contribution in [1.29, 1.82) is 0 Å². The van der Waals surface area contributed by atoms with E-state index in [1.165, 1.54) is 16.8 Å². The Morgan fingerprint density at radius 1 is 1.46 bits per heavy atom. The van der Waals surface area contributed by atoms with Crippen LogP contribution in [-0.4, -0.2) is 37.9 Å². The Labute approximate surface area is 139 Å². The van der Waals surface area contributed by atoms with E-state index in [1.807, 2.05) is 13.8 Å². The molecule has 2 aromatic rings. The van der Waals surface area contributed by atoms with Crippen LogP contribution >= 0.6 is 0 Å². The van der Waals surface area contributed by atoms with Crippen molar-refractivity contribution in [3.05, 3.63) is 41.7 Å². The standard InChI is InChI=1S/C17H21FN4O2/c1-11(2)15-20-14(16(23)19-10-17(24)7-4-8-17)21-22(15)13-6-3-5-12(18)9-13/h3,5-6,9,11,24H,4,7-8,10H2,1-2H3,(H,19,23). The lowest BCUT2D eigenvalue weighted by Gasteiger charge is -2.36. The molecule has 1 aromatic heterocycles. The van der Waals surface area contributed by atoms with E-state index < -0.39 is 11.5 Å². The van der Waals surface area contributed by atoms with Gasteiger partial charge in [-0.1, -0.05) is 19.9 Å². The van der Waals surface area contributed by atoms with Crippen LogP contribution in [0.2, 0.25) is 0 Å². The summed E-state index contributed by atoms with van der Waals surface area (Å²) in [5, 5.41) is 17.0. The summed E-state index contributed by atoms with van der Waals surface area (Å²) >= 11 is 0. The van der Waals surface area contributed by atoms with Crippen LogP contribution in [0.15, 0.2) is 24.3 Å². The van der Waals surface area contributed by atoms with Gasteiger partial charge in [0.05, 0.1) is 11.3 Å². The second kappa shape index (κ2) is 6.32. The third kappa shape index (κ3) is 3.31. The minimum Gasteiger partial charge on any atom is -0.388 e. The average molecular weight is 332 g/mol. The number of benzene rings is 1.